The average molecular weight is 625 g/mol. The van der Waals surface area contributed by atoms with E-state index in [0.29, 0.717) is 35.5 Å². The van der Waals surface area contributed by atoms with Crippen molar-refractivity contribution in [3.05, 3.63) is 119 Å². The Balaban J connectivity index is 0.00000529. The minimum absolute atomic E-state index is 0. The number of Topliss-reactive ketones (excluding diaryl/α,β-unsaturated/α-hetero) is 2. The fourth-order valence-corrected chi connectivity index (χ4v) is 5.53. The van der Waals surface area contributed by atoms with E-state index in [1.54, 1.807) is 38.5 Å². The van der Waals surface area contributed by atoms with Gasteiger partial charge in [-0.3, -0.25) is 9.59 Å². The monoisotopic (exact) mass is 624 g/mol. The number of carbonyl (C=O) groups excluding carboxylic acids is 2. The largest absolute Gasteiger partial charge is 1.00 e. The minimum Gasteiger partial charge on any atom is -0.736 e. The summed E-state index contributed by atoms with van der Waals surface area (Å²) in [5, 5.41) is 0. The summed E-state index contributed by atoms with van der Waals surface area (Å²) in [6.07, 6.45) is 0.967. The molecule has 0 N–H and O–H groups in total. The van der Waals surface area contributed by atoms with Crippen LogP contribution in [0.15, 0.2) is 97.1 Å². The molecule has 224 valence electrons. The van der Waals surface area contributed by atoms with E-state index in [4.69, 9.17) is 18.5 Å². The third-order valence-electron chi connectivity index (χ3n) is 6.92. The molecule has 10 heteroatoms. The first-order chi connectivity index (χ1) is 20.6. The van der Waals surface area contributed by atoms with Gasteiger partial charge in [-0.2, -0.15) is 0 Å². The van der Waals surface area contributed by atoms with E-state index in [2.05, 4.69) is 0 Å². The van der Waals surface area contributed by atoms with Crippen molar-refractivity contribution in [2.75, 3.05) is 14.2 Å². The Morgan fingerprint density at radius 1 is 0.636 bits per heavy atom. The SMILES string of the molecule is COc1cccc(CC(C)C(=O)c2cccc(OP(=O)([O-])Oc3cccc(C(=O)C(C)Cc4cccc(OC)c4)c3)c2)c1.[Na+]. The first-order valence-electron chi connectivity index (χ1n) is 13.8. The number of methoxy groups -OCH3 is 2. The molecule has 4 aromatic rings. The van der Waals surface area contributed by atoms with Crippen molar-refractivity contribution in [3.63, 3.8) is 0 Å². The van der Waals surface area contributed by atoms with Gasteiger partial charge in [-0.05, 0) is 72.5 Å². The van der Waals surface area contributed by atoms with E-state index < -0.39 is 7.82 Å². The number of hydrogen-bond acceptors (Lipinski definition) is 8. The molecule has 2 unspecified atom stereocenters. The predicted molar refractivity (Wildman–Crippen MR) is 162 cm³/mol. The summed E-state index contributed by atoms with van der Waals surface area (Å²) in [5.41, 5.74) is 2.51. The molecule has 0 aliphatic heterocycles. The molecule has 0 bridgehead atoms. The van der Waals surface area contributed by atoms with E-state index in [1.165, 1.54) is 24.3 Å². The zero-order valence-electron chi connectivity index (χ0n) is 25.5. The quantitative estimate of drug-likeness (QED) is 0.119. The molecule has 0 saturated carbocycles. The molecular weight excluding hydrogens is 590 g/mol. The van der Waals surface area contributed by atoms with Gasteiger partial charge in [0.05, 0.1) is 14.2 Å². The standard InChI is InChI=1S/C34H35O8P.Na/c1-23(17-25-9-5-13-29(19-25)39-3)33(35)27-11-7-15-31(21-27)41-43(37,38)42-32-16-8-12-28(22-32)34(36)24(2)18-26-10-6-14-30(20-26)40-4;/h5-16,19-24H,17-18H2,1-4H3,(H,37,38);/q;+1/p-1. The molecule has 0 aliphatic rings. The van der Waals surface area contributed by atoms with Crippen LogP contribution >= 0.6 is 7.82 Å². The van der Waals surface area contributed by atoms with Gasteiger partial charge in [0.2, 0.25) is 0 Å². The fraction of sp³-hybridized carbons (Fsp3) is 0.235. The predicted octanol–water partition coefficient (Wildman–Crippen LogP) is 3.76. The van der Waals surface area contributed by atoms with Gasteiger partial charge in [0.15, 0.2) is 11.6 Å². The first kappa shape index (κ1) is 35.1. The molecule has 0 radical (unpaired) electrons. The van der Waals surface area contributed by atoms with Crippen LogP contribution in [0.5, 0.6) is 23.0 Å². The molecule has 8 nitrogen and oxygen atoms in total. The topological polar surface area (TPSA) is 111 Å². The van der Waals surface area contributed by atoms with E-state index in [-0.39, 0.29) is 64.5 Å². The number of phosphoric acid groups is 1. The Bertz CT molecular complexity index is 1520. The van der Waals surface area contributed by atoms with Gasteiger partial charge >= 0.3 is 37.4 Å². The Labute approximate surface area is 280 Å². The third-order valence-corrected chi connectivity index (χ3v) is 7.79. The molecule has 0 fully saturated rings. The van der Waals surface area contributed by atoms with Crippen LogP contribution in [-0.2, 0) is 17.4 Å². The van der Waals surface area contributed by atoms with Crippen LogP contribution in [0, 0.1) is 11.8 Å². The fourth-order valence-electron chi connectivity index (χ4n) is 4.75. The second kappa shape index (κ2) is 16.1. The Morgan fingerprint density at radius 3 is 1.39 bits per heavy atom. The van der Waals surface area contributed by atoms with Crippen LogP contribution in [-0.4, -0.2) is 25.8 Å². The van der Waals surface area contributed by atoms with Crippen molar-refractivity contribution in [1.82, 2.24) is 0 Å². The van der Waals surface area contributed by atoms with Crippen molar-refractivity contribution >= 4 is 19.4 Å². The normalized spacial score (nSPS) is 13.4. The zero-order valence-corrected chi connectivity index (χ0v) is 28.4. The van der Waals surface area contributed by atoms with Crippen LogP contribution in [0.3, 0.4) is 0 Å². The third kappa shape index (κ3) is 9.81. The van der Waals surface area contributed by atoms with Gasteiger partial charge in [0.1, 0.15) is 23.0 Å². The van der Waals surface area contributed by atoms with E-state index in [9.17, 15) is 19.0 Å². The zero-order chi connectivity index (χ0) is 31.0. The van der Waals surface area contributed by atoms with Crippen molar-refractivity contribution in [1.29, 1.82) is 0 Å². The second-order valence-corrected chi connectivity index (χ2v) is 11.6. The minimum atomic E-state index is -4.91. The van der Waals surface area contributed by atoms with E-state index >= 15 is 0 Å². The molecule has 0 aliphatic carbocycles. The number of ketones is 2. The maximum absolute atomic E-state index is 13.1. The van der Waals surface area contributed by atoms with Crippen LogP contribution in [0.4, 0.5) is 0 Å². The summed E-state index contributed by atoms with van der Waals surface area (Å²) in [6, 6.07) is 26.9. The Morgan fingerprint density at radius 2 is 1.00 bits per heavy atom. The van der Waals surface area contributed by atoms with Crippen LogP contribution in [0.25, 0.3) is 0 Å². The Kier molecular flexibility index (Phi) is 12.8. The number of rotatable bonds is 14. The van der Waals surface area contributed by atoms with Gasteiger partial charge in [-0.1, -0.05) is 62.4 Å². The molecular formula is C34H34NaO8P. The maximum Gasteiger partial charge on any atom is 1.00 e. The number of ether oxygens (including phenoxy) is 2. The van der Waals surface area contributed by atoms with Gasteiger partial charge in [0.25, 0.3) is 0 Å². The average Bonchev–Trinajstić information content (AvgIpc) is 3.00. The summed E-state index contributed by atoms with van der Waals surface area (Å²) < 4.78 is 33.7. The molecule has 4 rings (SSSR count). The van der Waals surface area contributed by atoms with Gasteiger partial charge in [-0.25, -0.2) is 4.57 Å². The van der Waals surface area contributed by atoms with Crippen molar-refractivity contribution in [2.24, 2.45) is 11.8 Å². The van der Waals surface area contributed by atoms with Gasteiger partial charge < -0.3 is 23.4 Å². The van der Waals surface area contributed by atoms with Gasteiger partial charge in [-0.15, -0.1) is 0 Å². The smallest absolute Gasteiger partial charge is 0.736 e. The summed E-state index contributed by atoms with van der Waals surface area (Å²) in [7, 11) is -1.75. The molecule has 4 aromatic carbocycles. The van der Waals surface area contributed by atoms with Crippen LogP contribution in [0.1, 0.15) is 45.7 Å². The van der Waals surface area contributed by atoms with Crippen molar-refractivity contribution in [3.8, 4) is 23.0 Å². The Hall–Kier alpha value is -3.39. The van der Waals surface area contributed by atoms with Crippen molar-refractivity contribution < 1.29 is 67.1 Å². The van der Waals surface area contributed by atoms with Crippen LogP contribution in [0.2, 0.25) is 0 Å². The number of benzene rings is 4. The number of hydrogen-bond donors (Lipinski definition) is 0. The van der Waals surface area contributed by atoms with Crippen LogP contribution < -0.4 is 53.0 Å². The summed E-state index contributed by atoms with van der Waals surface area (Å²) in [5.74, 6) is 0.225. The molecule has 0 aromatic heterocycles. The van der Waals surface area contributed by atoms with Crippen molar-refractivity contribution in [2.45, 2.75) is 26.7 Å². The second-order valence-electron chi connectivity index (χ2n) is 10.3. The maximum atomic E-state index is 13.1. The van der Waals surface area contributed by atoms with E-state index in [0.717, 1.165) is 11.1 Å². The molecule has 0 saturated heterocycles. The summed E-state index contributed by atoms with van der Waals surface area (Å²) in [4.78, 5) is 39.0. The molecule has 0 amide bonds. The number of phosphoric ester groups is 1. The molecule has 2 atom stereocenters. The first-order valence-corrected chi connectivity index (χ1v) is 15.3. The summed E-state index contributed by atoms with van der Waals surface area (Å²) >= 11 is 0. The van der Waals surface area contributed by atoms with E-state index in [1.807, 2.05) is 62.4 Å². The van der Waals surface area contributed by atoms with Gasteiger partial charge in [0, 0.05) is 23.0 Å². The molecule has 0 heterocycles. The molecule has 0 spiro atoms. The summed E-state index contributed by atoms with van der Waals surface area (Å²) in [6.45, 7) is 3.62. The molecule has 44 heavy (non-hydrogen) atoms. The number of carbonyl (C=O) groups is 2.